The third kappa shape index (κ3) is 0.771. The zero-order chi connectivity index (χ0) is 8.06. The van der Waals surface area contributed by atoms with Crippen LogP contribution in [0.25, 0.3) is 0 Å². The molecule has 0 aromatic rings. The van der Waals surface area contributed by atoms with E-state index in [9.17, 15) is 10.2 Å². The first-order valence-electron chi connectivity index (χ1n) is 3.48. The van der Waals surface area contributed by atoms with Crippen molar-refractivity contribution in [1.82, 2.24) is 0 Å². The molecule has 0 radical (unpaired) electrons. The Balaban J connectivity index is 2.23. The molecule has 0 aromatic heterocycles. The van der Waals surface area contributed by atoms with Crippen molar-refractivity contribution in [3.05, 3.63) is 0 Å². The lowest BCUT2D eigenvalue weighted by Crippen LogP contribution is -2.50. The zero-order valence-electron chi connectivity index (χ0n) is 5.80. The first-order valence-corrected chi connectivity index (χ1v) is 3.48. The van der Waals surface area contributed by atoms with E-state index in [1.165, 1.54) is 0 Å². The highest BCUT2D eigenvalue weighted by molar-refractivity contribution is 5.01. The Bertz CT molecular complexity index is 172. The Morgan fingerprint density at radius 1 is 1.45 bits per heavy atom. The van der Waals surface area contributed by atoms with Gasteiger partial charge in [-0.05, 0) is 0 Å². The van der Waals surface area contributed by atoms with Crippen molar-refractivity contribution in [2.45, 2.75) is 24.1 Å². The summed E-state index contributed by atoms with van der Waals surface area (Å²) in [6.45, 7) is -0.194. The van der Waals surface area contributed by atoms with Crippen LogP contribution in [0.5, 0.6) is 0 Å². The Labute approximate surface area is 63.2 Å². The minimum absolute atomic E-state index is 0.235. The van der Waals surface area contributed by atoms with Crippen molar-refractivity contribution in [1.29, 1.82) is 0 Å². The molecule has 0 spiro atoms. The fourth-order valence-corrected chi connectivity index (χ4v) is 1.51. The summed E-state index contributed by atoms with van der Waals surface area (Å²) < 4.78 is 10.1. The van der Waals surface area contributed by atoms with Crippen LogP contribution in [-0.2, 0) is 9.47 Å². The lowest BCUT2D eigenvalue weighted by atomic mass is 10.0. The van der Waals surface area contributed by atoms with Crippen molar-refractivity contribution in [2.24, 2.45) is 0 Å². The standard InChI is InChI=1S/C6H10O5/c7-2-6-5(9)4(8)3(11-6)1-10-6/h3-5,7-9H,1-2H2. The van der Waals surface area contributed by atoms with Gasteiger partial charge in [-0.25, -0.2) is 0 Å². The van der Waals surface area contributed by atoms with Gasteiger partial charge in [-0.15, -0.1) is 0 Å². The van der Waals surface area contributed by atoms with E-state index in [1.54, 1.807) is 0 Å². The van der Waals surface area contributed by atoms with E-state index >= 15 is 0 Å². The monoisotopic (exact) mass is 162 g/mol. The molecule has 0 aliphatic carbocycles. The molecule has 2 aliphatic rings. The maximum Gasteiger partial charge on any atom is 0.221 e. The number of fused-ring (bicyclic) bond motifs is 2. The van der Waals surface area contributed by atoms with Gasteiger partial charge in [0.15, 0.2) is 0 Å². The fraction of sp³-hybridized carbons (Fsp3) is 1.00. The van der Waals surface area contributed by atoms with E-state index in [-0.39, 0.29) is 6.61 Å². The smallest absolute Gasteiger partial charge is 0.221 e. The first-order chi connectivity index (χ1) is 5.19. The summed E-state index contributed by atoms with van der Waals surface area (Å²) in [6.07, 6.45) is -2.56. The summed E-state index contributed by atoms with van der Waals surface area (Å²) in [5, 5.41) is 27.3. The Hall–Kier alpha value is -0.200. The second-order valence-electron chi connectivity index (χ2n) is 2.87. The van der Waals surface area contributed by atoms with Gasteiger partial charge in [0.1, 0.15) is 24.9 Å². The summed E-state index contributed by atoms with van der Waals surface area (Å²) in [4.78, 5) is 0. The van der Waals surface area contributed by atoms with E-state index < -0.39 is 30.7 Å². The number of rotatable bonds is 1. The number of hydrogen-bond acceptors (Lipinski definition) is 5. The number of ether oxygens (including phenoxy) is 2. The Morgan fingerprint density at radius 2 is 2.18 bits per heavy atom. The Morgan fingerprint density at radius 3 is 2.55 bits per heavy atom. The van der Waals surface area contributed by atoms with E-state index in [0.29, 0.717) is 0 Å². The molecule has 2 rings (SSSR count). The topological polar surface area (TPSA) is 79.2 Å². The van der Waals surface area contributed by atoms with Gasteiger partial charge < -0.3 is 24.8 Å². The zero-order valence-corrected chi connectivity index (χ0v) is 5.80. The van der Waals surface area contributed by atoms with Crippen molar-refractivity contribution < 1.29 is 24.8 Å². The summed E-state index contributed by atoms with van der Waals surface area (Å²) >= 11 is 0. The van der Waals surface area contributed by atoms with E-state index in [1.807, 2.05) is 0 Å². The highest BCUT2D eigenvalue weighted by Gasteiger charge is 2.60. The van der Waals surface area contributed by atoms with Crippen molar-refractivity contribution in [3.8, 4) is 0 Å². The number of aliphatic hydroxyl groups excluding tert-OH is 3. The van der Waals surface area contributed by atoms with Crippen LogP contribution >= 0.6 is 0 Å². The predicted octanol–water partition coefficient (Wildman–Crippen LogP) is -2.17. The number of aliphatic hydroxyl groups is 3. The molecule has 5 heteroatoms. The van der Waals surface area contributed by atoms with Gasteiger partial charge in [0.2, 0.25) is 5.79 Å². The molecule has 0 aromatic carbocycles. The molecule has 0 amide bonds. The van der Waals surface area contributed by atoms with E-state index in [2.05, 4.69) is 0 Å². The van der Waals surface area contributed by atoms with Crippen molar-refractivity contribution >= 4 is 0 Å². The normalized spacial score (nSPS) is 55.4. The quantitative estimate of drug-likeness (QED) is 0.409. The SMILES string of the molecule is OCC12OCC(O1)C(O)C2O. The second kappa shape index (κ2) is 2.15. The molecule has 4 unspecified atom stereocenters. The lowest BCUT2D eigenvalue weighted by Gasteiger charge is -2.28. The summed E-state index contributed by atoms with van der Waals surface area (Å²) in [5.41, 5.74) is 0. The maximum absolute atomic E-state index is 9.28. The molecule has 2 fully saturated rings. The van der Waals surface area contributed by atoms with E-state index in [4.69, 9.17) is 14.6 Å². The molecule has 11 heavy (non-hydrogen) atoms. The van der Waals surface area contributed by atoms with Crippen LogP contribution in [-0.4, -0.2) is 52.6 Å². The highest BCUT2D eigenvalue weighted by Crippen LogP contribution is 2.38. The molecule has 2 heterocycles. The third-order valence-corrected chi connectivity index (χ3v) is 2.22. The molecule has 4 atom stereocenters. The summed E-state index contributed by atoms with van der Waals surface area (Å²) in [6, 6.07) is 0. The maximum atomic E-state index is 9.28. The van der Waals surface area contributed by atoms with Crippen LogP contribution in [0.15, 0.2) is 0 Å². The van der Waals surface area contributed by atoms with Gasteiger partial charge >= 0.3 is 0 Å². The van der Waals surface area contributed by atoms with Crippen LogP contribution in [0, 0.1) is 0 Å². The van der Waals surface area contributed by atoms with E-state index in [0.717, 1.165) is 0 Å². The molecular formula is C6H10O5. The fourth-order valence-electron chi connectivity index (χ4n) is 1.51. The molecule has 2 bridgehead atoms. The van der Waals surface area contributed by atoms with Crippen molar-refractivity contribution in [3.63, 3.8) is 0 Å². The molecule has 0 saturated carbocycles. The highest BCUT2D eigenvalue weighted by atomic mass is 16.8. The van der Waals surface area contributed by atoms with Crippen molar-refractivity contribution in [2.75, 3.05) is 13.2 Å². The van der Waals surface area contributed by atoms with Gasteiger partial charge in [-0.2, -0.15) is 0 Å². The lowest BCUT2D eigenvalue weighted by molar-refractivity contribution is -0.224. The third-order valence-electron chi connectivity index (χ3n) is 2.22. The first kappa shape index (κ1) is 7.45. The largest absolute Gasteiger partial charge is 0.391 e. The van der Waals surface area contributed by atoms with Crippen LogP contribution in [0.1, 0.15) is 0 Å². The molecule has 64 valence electrons. The molecule has 5 nitrogen and oxygen atoms in total. The minimum atomic E-state index is -1.36. The predicted molar refractivity (Wildman–Crippen MR) is 32.7 cm³/mol. The minimum Gasteiger partial charge on any atom is -0.391 e. The van der Waals surface area contributed by atoms with Gasteiger partial charge in [0, 0.05) is 0 Å². The molecule has 2 aliphatic heterocycles. The average molecular weight is 162 g/mol. The van der Waals surface area contributed by atoms with Crippen LogP contribution in [0.3, 0.4) is 0 Å². The summed E-state index contributed by atoms with van der Waals surface area (Å²) in [5.74, 6) is -1.36. The van der Waals surface area contributed by atoms with Crippen LogP contribution < -0.4 is 0 Å². The van der Waals surface area contributed by atoms with Gasteiger partial charge in [0.25, 0.3) is 0 Å². The Kier molecular flexibility index (Phi) is 1.45. The molecule has 2 saturated heterocycles. The van der Waals surface area contributed by atoms with Crippen LogP contribution in [0.2, 0.25) is 0 Å². The summed E-state index contributed by atoms with van der Waals surface area (Å²) in [7, 11) is 0. The molecular weight excluding hydrogens is 152 g/mol. The van der Waals surface area contributed by atoms with Gasteiger partial charge in [-0.1, -0.05) is 0 Å². The molecule has 3 N–H and O–H groups in total. The number of hydrogen-bond donors (Lipinski definition) is 3. The van der Waals surface area contributed by atoms with Crippen LogP contribution in [0.4, 0.5) is 0 Å². The average Bonchev–Trinajstić information content (AvgIpc) is 2.53. The van der Waals surface area contributed by atoms with Gasteiger partial charge in [-0.3, -0.25) is 0 Å². The van der Waals surface area contributed by atoms with Gasteiger partial charge in [0.05, 0.1) is 6.61 Å². The second-order valence-corrected chi connectivity index (χ2v) is 2.87.